The number of hydrogen-bond donors (Lipinski definition) is 1. The van der Waals surface area contributed by atoms with E-state index in [-0.39, 0.29) is 5.75 Å². The number of aliphatic carboxylic acids is 1. The maximum absolute atomic E-state index is 10.6. The van der Waals surface area contributed by atoms with Crippen LogP contribution in [0, 0.1) is 20.8 Å². The van der Waals surface area contributed by atoms with Crippen molar-refractivity contribution in [3.63, 3.8) is 0 Å². The Kier molecular flexibility index (Phi) is 3.66. The third kappa shape index (κ3) is 2.65. The first-order valence-electron chi connectivity index (χ1n) is 5.72. The van der Waals surface area contributed by atoms with Gasteiger partial charge < -0.3 is 9.52 Å². The molecule has 0 amide bonds. The molecular formula is C12H15N3O3S. The molecule has 0 spiro atoms. The molecule has 0 aromatic carbocycles. The molecule has 0 aliphatic carbocycles. The fourth-order valence-corrected chi connectivity index (χ4v) is 2.48. The number of furan rings is 1. The number of carboxylic acid groups (broad SMARTS) is 1. The van der Waals surface area contributed by atoms with Gasteiger partial charge in [-0.05, 0) is 20.8 Å². The lowest BCUT2D eigenvalue weighted by atomic mass is 10.1. The third-order valence-corrected chi connectivity index (χ3v) is 3.84. The van der Waals surface area contributed by atoms with Crippen LogP contribution in [0.3, 0.4) is 0 Å². The second-order valence-electron chi connectivity index (χ2n) is 4.24. The van der Waals surface area contributed by atoms with Crippen molar-refractivity contribution in [2.24, 2.45) is 7.05 Å². The van der Waals surface area contributed by atoms with E-state index in [0.29, 0.717) is 11.0 Å². The maximum Gasteiger partial charge on any atom is 0.313 e. The lowest BCUT2D eigenvalue weighted by molar-refractivity contribution is -0.133. The van der Waals surface area contributed by atoms with E-state index < -0.39 is 5.97 Å². The molecule has 2 heterocycles. The summed E-state index contributed by atoms with van der Waals surface area (Å²) in [5, 5.41) is 13.6. The van der Waals surface area contributed by atoms with Crippen LogP contribution in [-0.2, 0) is 11.8 Å². The molecule has 2 rings (SSSR count). The number of carboxylic acids is 1. The van der Waals surface area contributed by atoms with Gasteiger partial charge in [-0.2, -0.15) is 5.10 Å². The summed E-state index contributed by atoms with van der Waals surface area (Å²) in [7, 11) is 1.75. The zero-order chi connectivity index (χ0) is 14.2. The van der Waals surface area contributed by atoms with Crippen molar-refractivity contribution in [2.45, 2.75) is 25.9 Å². The predicted molar refractivity (Wildman–Crippen MR) is 71.3 cm³/mol. The van der Waals surface area contributed by atoms with Gasteiger partial charge in [-0.15, -0.1) is 0 Å². The Hall–Kier alpha value is -1.76. The molecule has 1 N–H and O–H groups in total. The van der Waals surface area contributed by atoms with Crippen molar-refractivity contribution in [3.05, 3.63) is 17.1 Å². The van der Waals surface area contributed by atoms with Gasteiger partial charge in [-0.25, -0.2) is 9.67 Å². The number of hydrogen-bond acceptors (Lipinski definition) is 5. The molecule has 0 aliphatic heterocycles. The third-order valence-electron chi connectivity index (χ3n) is 2.83. The molecule has 0 unspecified atom stereocenters. The van der Waals surface area contributed by atoms with Crippen LogP contribution in [0.5, 0.6) is 0 Å². The Morgan fingerprint density at radius 2 is 2.05 bits per heavy atom. The van der Waals surface area contributed by atoms with Crippen LogP contribution >= 0.6 is 11.8 Å². The second kappa shape index (κ2) is 5.08. The van der Waals surface area contributed by atoms with Crippen molar-refractivity contribution in [1.82, 2.24) is 14.8 Å². The van der Waals surface area contributed by atoms with Crippen LogP contribution < -0.4 is 0 Å². The van der Waals surface area contributed by atoms with Crippen molar-refractivity contribution in [3.8, 4) is 11.4 Å². The molecule has 2 aromatic heterocycles. The van der Waals surface area contributed by atoms with Gasteiger partial charge in [0.1, 0.15) is 11.5 Å². The van der Waals surface area contributed by atoms with Crippen LogP contribution in [0.15, 0.2) is 9.57 Å². The van der Waals surface area contributed by atoms with Crippen LogP contribution in [-0.4, -0.2) is 31.6 Å². The normalized spacial score (nSPS) is 10.9. The van der Waals surface area contributed by atoms with E-state index in [1.54, 1.807) is 11.7 Å². The van der Waals surface area contributed by atoms with E-state index in [2.05, 4.69) is 10.1 Å². The number of aromatic nitrogens is 3. The summed E-state index contributed by atoms with van der Waals surface area (Å²) in [6, 6.07) is 0. The van der Waals surface area contributed by atoms with Crippen molar-refractivity contribution >= 4 is 17.7 Å². The zero-order valence-electron chi connectivity index (χ0n) is 11.2. The molecule has 0 fully saturated rings. The highest BCUT2D eigenvalue weighted by molar-refractivity contribution is 7.99. The summed E-state index contributed by atoms with van der Waals surface area (Å²) in [5.74, 6) is 1.28. The molecule has 19 heavy (non-hydrogen) atoms. The Morgan fingerprint density at radius 3 is 2.58 bits per heavy atom. The van der Waals surface area contributed by atoms with E-state index >= 15 is 0 Å². The van der Waals surface area contributed by atoms with Gasteiger partial charge in [-0.1, -0.05) is 11.8 Å². The molecule has 0 atom stereocenters. The number of rotatable bonds is 4. The van der Waals surface area contributed by atoms with Gasteiger partial charge in [0.05, 0.1) is 11.3 Å². The van der Waals surface area contributed by atoms with Gasteiger partial charge in [0.25, 0.3) is 0 Å². The fraction of sp³-hybridized carbons (Fsp3) is 0.417. The van der Waals surface area contributed by atoms with Gasteiger partial charge >= 0.3 is 5.97 Å². The lowest BCUT2D eigenvalue weighted by Gasteiger charge is -1.94. The number of carbonyl (C=O) groups is 1. The summed E-state index contributed by atoms with van der Waals surface area (Å²) in [5.41, 5.74) is 1.90. The first-order valence-corrected chi connectivity index (χ1v) is 6.71. The Morgan fingerprint density at radius 1 is 1.37 bits per heavy atom. The van der Waals surface area contributed by atoms with Crippen LogP contribution in [0.2, 0.25) is 0 Å². The van der Waals surface area contributed by atoms with Gasteiger partial charge in [0, 0.05) is 12.6 Å². The van der Waals surface area contributed by atoms with E-state index in [4.69, 9.17) is 9.52 Å². The summed E-state index contributed by atoms with van der Waals surface area (Å²) in [6.45, 7) is 5.73. The zero-order valence-corrected chi connectivity index (χ0v) is 12.0. The standard InChI is InChI=1S/C12H15N3O3S/c1-6-7(2)18-8(3)10(6)11-13-12(15(4)14-11)19-5-9(16)17/h5H2,1-4H3,(H,16,17). The average molecular weight is 281 g/mol. The smallest absolute Gasteiger partial charge is 0.313 e. The average Bonchev–Trinajstić information content (AvgIpc) is 2.78. The van der Waals surface area contributed by atoms with Crippen molar-refractivity contribution < 1.29 is 14.3 Å². The maximum atomic E-state index is 10.6. The molecule has 102 valence electrons. The van der Waals surface area contributed by atoms with Gasteiger partial charge in [0.15, 0.2) is 11.0 Å². The minimum absolute atomic E-state index is 0.0334. The predicted octanol–water partition coefficient (Wildman–Crippen LogP) is 2.18. The van der Waals surface area contributed by atoms with Crippen LogP contribution in [0.4, 0.5) is 0 Å². The van der Waals surface area contributed by atoms with Crippen LogP contribution in [0.25, 0.3) is 11.4 Å². The molecule has 0 bridgehead atoms. The molecule has 2 aromatic rings. The van der Waals surface area contributed by atoms with E-state index in [1.165, 1.54) is 0 Å². The second-order valence-corrected chi connectivity index (χ2v) is 5.18. The van der Waals surface area contributed by atoms with Gasteiger partial charge in [0.2, 0.25) is 0 Å². The Labute approximate surface area is 114 Å². The first-order chi connectivity index (χ1) is 8.90. The molecule has 6 nitrogen and oxygen atoms in total. The highest BCUT2D eigenvalue weighted by atomic mass is 32.2. The minimum atomic E-state index is -0.874. The molecule has 0 radical (unpaired) electrons. The molecule has 0 saturated heterocycles. The monoisotopic (exact) mass is 281 g/mol. The fourth-order valence-electron chi connectivity index (χ4n) is 1.85. The summed E-state index contributed by atoms with van der Waals surface area (Å²) >= 11 is 1.15. The molecule has 0 aliphatic rings. The van der Waals surface area contributed by atoms with E-state index in [0.717, 1.165) is 34.4 Å². The quantitative estimate of drug-likeness (QED) is 0.865. The Balaban J connectivity index is 2.36. The van der Waals surface area contributed by atoms with E-state index in [1.807, 2.05) is 20.8 Å². The summed E-state index contributed by atoms with van der Waals surface area (Å²) in [6.07, 6.45) is 0. The lowest BCUT2D eigenvalue weighted by Crippen LogP contribution is -2.00. The minimum Gasteiger partial charge on any atom is -0.481 e. The van der Waals surface area contributed by atoms with Crippen molar-refractivity contribution in [1.29, 1.82) is 0 Å². The van der Waals surface area contributed by atoms with E-state index in [9.17, 15) is 4.79 Å². The summed E-state index contributed by atoms with van der Waals surface area (Å²) < 4.78 is 7.14. The summed E-state index contributed by atoms with van der Waals surface area (Å²) in [4.78, 5) is 15.0. The van der Waals surface area contributed by atoms with Crippen molar-refractivity contribution in [2.75, 3.05) is 5.75 Å². The SMILES string of the molecule is Cc1oc(C)c(-c2nc(SCC(=O)O)n(C)n2)c1C. The number of aryl methyl sites for hydroxylation is 3. The Bertz CT molecular complexity index is 630. The molecular weight excluding hydrogens is 266 g/mol. The first kappa shape index (κ1) is 13.7. The highest BCUT2D eigenvalue weighted by Crippen LogP contribution is 2.30. The van der Waals surface area contributed by atoms with Crippen LogP contribution in [0.1, 0.15) is 17.1 Å². The topological polar surface area (TPSA) is 81.1 Å². The molecule has 7 heteroatoms. The number of nitrogens with zero attached hydrogens (tertiary/aromatic N) is 3. The highest BCUT2D eigenvalue weighted by Gasteiger charge is 2.19. The molecule has 0 saturated carbocycles. The largest absolute Gasteiger partial charge is 0.481 e. The number of thioether (sulfide) groups is 1. The van der Waals surface area contributed by atoms with Gasteiger partial charge in [-0.3, -0.25) is 4.79 Å².